The van der Waals surface area contributed by atoms with Crippen LogP contribution in [0, 0.1) is 6.92 Å². The molecule has 0 aliphatic carbocycles. The maximum absolute atomic E-state index is 12.9. The highest BCUT2D eigenvalue weighted by Crippen LogP contribution is 2.41. The summed E-state index contributed by atoms with van der Waals surface area (Å²) < 4.78 is 12.0. The number of hydrogen-bond acceptors (Lipinski definition) is 4. The van der Waals surface area contributed by atoms with Crippen LogP contribution in [0.2, 0.25) is 0 Å². The molecule has 2 heterocycles. The van der Waals surface area contributed by atoms with Crippen LogP contribution in [0.15, 0.2) is 46.9 Å². The first-order chi connectivity index (χ1) is 14.4. The van der Waals surface area contributed by atoms with E-state index >= 15 is 0 Å². The van der Waals surface area contributed by atoms with Gasteiger partial charge in [0.25, 0.3) is 5.91 Å². The van der Waals surface area contributed by atoms with E-state index in [1.54, 1.807) is 12.1 Å². The molecule has 1 amide bonds. The molecule has 5 heteroatoms. The summed E-state index contributed by atoms with van der Waals surface area (Å²) in [6, 6.07) is 13.7. The highest BCUT2D eigenvalue weighted by Gasteiger charge is 2.37. The number of amides is 1. The lowest BCUT2D eigenvalue weighted by molar-refractivity contribution is 0.0503. The summed E-state index contributed by atoms with van der Waals surface area (Å²) in [5.74, 6) is 0.606. The molecule has 0 saturated heterocycles. The minimum Gasteiger partial charge on any atom is -0.486 e. The van der Waals surface area contributed by atoms with Gasteiger partial charge in [0, 0.05) is 17.5 Å². The number of ether oxygens (including phenoxy) is 1. The van der Waals surface area contributed by atoms with Gasteiger partial charge in [0.1, 0.15) is 16.9 Å². The van der Waals surface area contributed by atoms with Crippen LogP contribution >= 0.6 is 0 Å². The van der Waals surface area contributed by atoms with E-state index in [2.05, 4.69) is 17.4 Å². The van der Waals surface area contributed by atoms with Gasteiger partial charge in [-0.3, -0.25) is 9.59 Å². The normalized spacial score (nSPS) is 18.2. The molecule has 0 bridgehead atoms. The maximum atomic E-state index is 12.9. The molecule has 5 nitrogen and oxygen atoms in total. The van der Waals surface area contributed by atoms with Gasteiger partial charge in [-0.25, -0.2) is 0 Å². The number of aryl methyl sites for hydroxylation is 2. The Kier molecular flexibility index (Phi) is 5.37. The van der Waals surface area contributed by atoms with Crippen molar-refractivity contribution in [3.8, 4) is 5.75 Å². The van der Waals surface area contributed by atoms with Crippen molar-refractivity contribution in [2.24, 2.45) is 0 Å². The number of furan rings is 1. The number of carbonyl (C=O) groups excluding carboxylic acids is 2. The second-order valence-corrected chi connectivity index (χ2v) is 8.22. The van der Waals surface area contributed by atoms with Crippen LogP contribution < -0.4 is 10.1 Å². The fraction of sp³-hybridized carbons (Fsp3) is 0.360. The molecule has 0 radical (unpaired) electrons. The lowest BCUT2D eigenvalue weighted by Gasteiger charge is -2.34. The summed E-state index contributed by atoms with van der Waals surface area (Å²) >= 11 is 0. The maximum Gasteiger partial charge on any atom is 0.287 e. The molecule has 0 unspecified atom stereocenters. The first kappa shape index (κ1) is 20.2. The van der Waals surface area contributed by atoms with Gasteiger partial charge in [0.15, 0.2) is 11.5 Å². The van der Waals surface area contributed by atoms with Crippen molar-refractivity contribution in [1.29, 1.82) is 0 Å². The Labute approximate surface area is 176 Å². The quantitative estimate of drug-likeness (QED) is 0.570. The molecule has 1 aliphatic rings. The van der Waals surface area contributed by atoms with E-state index in [0.29, 0.717) is 40.8 Å². The van der Waals surface area contributed by atoms with E-state index in [1.807, 2.05) is 39.0 Å². The van der Waals surface area contributed by atoms with Crippen LogP contribution in [0.3, 0.4) is 0 Å². The number of Topliss-reactive ketones (excluding diaryl/α,β-unsaturated/α-hetero) is 1. The number of ketones is 1. The summed E-state index contributed by atoms with van der Waals surface area (Å²) in [7, 11) is 0. The lowest BCUT2D eigenvalue weighted by Crippen LogP contribution is -2.38. The Balaban J connectivity index is 1.53. The zero-order chi connectivity index (χ0) is 21.3. The number of nitrogens with one attached hydrogen (secondary N) is 1. The van der Waals surface area contributed by atoms with E-state index in [4.69, 9.17) is 9.15 Å². The molecule has 0 saturated carbocycles. The predicted octanol–water partition coefficient (Wildman–Crippen LogP) is 5.24. The number of benzene rings is 2. The molecular formula is C25H27NO4. The first-order valence-corrected chi connectivity index (χ1v) is 10.5. The fourth-order valence-electron chi connectivity index (χ4n) is 4.05. The van der Waals surface area contributed by atoms with Crippen molar-refractivity contribution in [1.82, 2.24) is 5.32 Å². The second-order valence-electron chi connectivity index (χ2n) is 8.22. The van der Waals surface area contributed by atoms with Crippen molar-refractivity contribution in [2.45, 2.75) is 52.1 Å². The molecule has 3 aromatic rings. The summed E-state index contributed by atoms with van der Waals surface area (Å²) in [5.41, 5.74) is 2.50. The largest absolute Gasteiger partial charge is 0.486 e. The second kappa shape index (κ2) is 7.98. The van der Waals surface area contributed by atoms with Crippen molar-refractivity contribution in [3.63, 3.8) is 0 Å². The van der Waals surface area contributed by atoms with Crippen molar-refractivity contribution in [3.05, 3.63) is 64.9 Å². The van der Waals surface area contributed by atoms with Crippen LogP contribution in [-0.2, 0) is 6.42 Å². The van der Waals surface area contributed by atoms with Crippen LogP contribution in [0.5, 0.6) is 5.75 Å². The van der Waals surface area contributed by atoms with Gasteiger partial charge in [-0.05, 0) is 50.8 Å². The molecule has 156 valence electrons. The topological polar surface area (TPSA) is 68.5 Å². The zero-order valence-corrected chi connectivity index (χ0v) is 17.7. The Hall–Kier alpha value is -3.08. The molecule has 4 rings (SSSR count). The third-order valence-electron chi connectivity index (χ3n) is 5.95. The summed E-state index contributed by atoms with van der Waals surface area (Å²) in [6.07, 6.45) is 2.81. The SMILES string of the molecule is CC[C@]1(C)CC(=O)c2c(ccc3oc(C(=O)NCCCc4ccccc4)c(C)c23)O1. The monoisotopic (exact) mass is 405 g/mol. The summed E-state index contributed by atoms with van der Waals surface area (Å²) in [4.78, 5) is 25.7. The Morgan fingerprint density at radius 2 is 1.93 bits per heavy atom. The number of carbonyl (C=O) groups is 2. The molecule has 1 aromatic heterocycles. The van der Waals surface area contributed by atoms with Gasteiger partial charge in [0.05, 0.1) is 12.0 Å². The van der Waals surface area contributed by atoms with Gasteiger partial charge < -0.3 is 14.5 Å². The first-order valence-electron chi connectivity index (χ1n) is 10.5. The Morgan fingerprint density at radius 1 is 1.17 bits per heavy atom. The zero-order valence-electron chi connectivity index (χ0n) is 17.7. The van der Waals surface area contributed by atoms with Gasteiger partial charge in [-0.1, -0.05) is 37.3 Å². The standard InChI is InChI=1S/C25H27NO4/c1-4-25(3)15-18(27)22-20(30-25)13-12-19-21(22)16(2)23(29-19)24(28)26-14-8-11-17-9-6-5-7-10-17/h5-7,9-10,12-13H,4,8,11,14-15H2,1-3H3,(H,26,28)/t25-/m1/s1. The third kappa shape index (κ3) is 3.72. The van der Waals surface area contributed by atoms with Gasteiger partial charge >= 0.3 is 0 Å². The highest BCUT2D eigenvalue weighted by molar-refractivity contribution is 6.13. The molecule has 1 aliphatic heterocycles. The van der Waals surface area contributed by atoms with Crippen molar-refractivity contribution in [2.75, 3.05) is 6.54 Å². The van der Waals surface area contributed by atoms with Crippen molar-refractivity contribution < 1.29 is 18.7 Å². The van der Waals surface area contributed by atoms with Gasteiger partial charge in [-0.2, -0.15) is 0 Å². The summed E-state index contributed by atoms with van der Waals surface area (Å²) in [6.45, 7) is 6.35. The van der Waals surface area contributed by atoms with Crippen LogP contribution in [0.4, 0.5) is 0 Å². The average Bonchev–Trinajstić information content (AvgIpc) is 3.08. The number of rotatable bonds is 6. The molecular weight excluding hydrogens is 378 g/mol. The van der Waals surface area contributed by atoms with Crippen LogP contribution in [-0.4, -0.2) is 23.8 Å². The third-order valence-corrected chi connectivity index (χ3v) is 5.95. The molecule has 1 N–H and O–H groups in total. The van der Waals surface area contributed by atoms with E-state index in [9.17, 15) is 9.59 Å². The van der Waals surface area contributed by atoms with E-state index in [1.165, 1.54) is 5.56 Å². The van der Waals surface area contributed by atoms with E-state index in [-0.39, 0.29) is 17.5 Å². The van der Waals surface area contributed by atoms with E-state index < -0.39 is 5.60 Å². The molecule has 2 aromatic carbocycles. The van der Waals surface area contributed by atoms with Crippen LogP contribution in [0.1, 0.15) is 65.1 Å². The Morgan fingerprint density at radius 3 is 2.67 bits per heavy atom. The van der Waals surface area contributed by atoms with Crippen molar-refractivity contribution >= 4 is 22.7 Å². The molecule has 0 fully saturated rings. The van der Waals surface area contributed by atoms with Gasteiger partial charge in [0.2, 0.25) is 0 Å². The van der Waals surface area contributed by atoms with Crippen LogP contribution in [0.25, 0.3) is 11.0 Å². The summed E-state index contributed by atoms with van der Waals surface area (Å²) in [5, 5.41) is 3.62. The number of hydrogen-bond donors (Lipinski definition) is 1. The molecule has 1 atom stereocenters. The fourth-order valence-corrected chi connectivity index (χ4v) is 4.05. The predicted molar refractivity (Wildman–Crippen MR) is 116 cm³/mol. The molecule has 0 spiro atoms. The highest BCUT2D eigenvalue weighted by atomic mass is 16.5. The number of fused-ring (bicyclic) bond motifs is 3. The van der Waals surface area contributed by atoms with Gasteiger partial charge in [-0.15, -0.1) is 0 Å². The lowest BCUT2D eigenvalue weighted by atomic mass is 9.87. The average molecular weight is 405 g/mol. The minimum atomic E-state index is -0.492. The minimum absolute atomic E-state index is 0.0323. The smallest absolute Gasteiger partial charge is 0.287 e. The Bertz CT molecular complexity index is 1100. The molecule has 30 heavy (non-hydrogen) atoms. The van der Waals surface area contributed by atoms with E-state index in [0.717, 1.165) is 19.3 Å².